The van der Waals surface area contributed by atoms with Crippen LogP contribution in [0.2, 0.25) is 0 Å². The molecule has 238 valence electrons. The number of halogens is 5. The first-order valence-electron chi connectivity index (χ1n) is 13.8. The third-order valence-electron chi connectivity index (χ3n) is 7.15. The molecule has 1 saturated heterocycles. The van der Waals surface area contributed by atoms with Gasteiger partial charge in [0.05, 0.1) is 12.6 Å². The highest BCUT2D eigenvalue weighted by Crippen LogP contribution is 2.37. The third kappa shape index (κ3) is 7.91. The van der Waals surface area contributed by atoms with Crippen LogP contribution in [-0.4, -0.2) is 66.1 Å². The van der Waals surface area contributed by atoms with Gasteiger partial charge in [0.25, 0.3) is 5.91 Å². The fraction of sp³-hybridized carbons (Fsp3) is 0.414. The Kier molecular flexibility index (Phi) is 10.6. The Bertz CT molecular complexity index is 1480. The van der Waals surface area contributed by atoms with E-state index in [2.05, 4.69) is 15.0 Å². The van der Waals surface area contributed by atoms with Crippen LogP contribution in [0.25, 0.3) is 11.5 Å². The number of ether oxygens (including phenoxy) is 2. The lowest BCUT2D eigenvalue weighted by Gasteiger charge is -2.34. The Hall–Kier alpha value is -4.04. The molecule has 0 radical (unpaired) electrons. The van der Waals surface area contributed by atoms with E-state index in [0.29, 0.717) is 18.1 Å². The molecule has 1 saturated carbocycles. The van der Waals surface area contributed by atoms with Crippen LogP contribution >= 0.6 is 12.4 Å². The number of carbonyl (C=O) groups is 2. The number of urea groups is 1. The predicted octanol–water partition coefficient (Wildman–Crippen LogP) is 5.12. The number of benzene rings is 2. The number of alkyl halides is 2. The first-order valence-corrected chi connectivity index (χ1v) is 13.8. The van der Waals surface area contributed by atoms with Crippen molar-refractivity contribution in [2.45, 2.75) is 39.0 Å². The summed E-state index contributed by atoms with van der Waals surface area (Å²) in [5, 5.41) is 2.60. The van der Waals surface area contributed by atoms with E-state index < -0.39 is 36.2 Å². The Morgan fingerprint density at radius 3 is 2.41 bits per heavy atom. The number of aromatic nitrogens is 1. The number of carbonyl (C=O) groups excluding carboxylic acids is 2. The van der Waals surface area contributed by atoms with Crippen LogP contribution in [0.5, 0.6) is 11.5 Å². The van der Waals surface area contributed by atoms with Crippen LogP contribution in [0.3, 0.4) is 0 Å². The van der Waals surface area contributed by atoms with Gasteiger partial charge in [0.15, 0.2) is 23.0 Å². The molecule has 5 rings (SSSR count). The molecule has 0 spiro atoms. The van der Waals surface area contributed by atoms with Crippen molar-refractivity contribution in [3.05, 3.63) is 65.1 Å². The molecule has 0 bridgehead atoms. The second-order valence-corrected chi connectivity index (χ2v) is 10.5. The Morgan fingerprint density at radius 2 is 1.77 bits per heavy atom. The minimum absolute atomic E-state index is 0. The summed E-state index contributed by atoms with van der Waals surface area (Å²) in [6.07, 6.45) is 2.01. The lowest BCUT2D eigenvalue weighted by Crippen LogP contribution is -2.53. The van der Waals surface area contributed by atoms with Gasteiger partial charge in [0.2, 0.25) is 5.89 Å². The van der Waals surface area contributed by atoms with Crippen molar-refractivity contribution < 1.29 is 41.0 Å². The lowest BCUT2D eigenvalue weighted by molar-refractivity contribution is -0.0515. The molecule has 44 heavy (non-hydrogen) atoms. The SMILES string of the molecule is C[C@H](N)c1oc(-c2ccc(OC(F)F)c(OCC3CC3)c2)nc1C(=O)N1CCN(C(=O)NCc2ccc(F)cc2F)CC1.Cl. The summed E-state index contributed by atoms with van der Waals surface area (Å²) in [7, 11) is 0. The van der Waals surface area contributed by atoms with Gasteiger partial charge < -0.3 is 34.7 Å². The molecule has 2 aromatic carbocycles. The smallest absolute Gasteiger partial charge is 0.387 e. The van der Waals surface area contributed by atoms with E-state index in [0.717, 1.165) is 25.0 Å². The second-order valence-electron chi connectivity index (χ2n) is 10.5. The van der Waals surface area contributed by atoms with Gasteiger partial charge in [-0.1, -0.05) is 6.07 Å². The molecular formula is C29H32ClF4N5O5. The summed E-state index contributed by atoms with van der Waals surface area (Å²) in [4.78, 5) is 33.5. The number of amides is 3. The summed E-state index contributed by atoms with van der Waals surface area (Å²) in [6, 6.07) is 6.26. The molecule has 1 aliphatic heterocycles. The van der Waals surface area contributed by atoms with Gasteiger partial charge in [-0.15, -0.1) is 12.4 Å². The molecular weight excluding hydrogens is 610 g/mol. The van der Waals surface area contributed by atoms with E-state index >= 15 is 0 Å². The van der Waals surface area contributed by atoms with Crippen molar-refractivity contribution in [1.82, 2.24) is 20.1 Å². The molecule has 2 aliphatic rings. The molecule has 15 heteroatoms. The molecule has 1 atom stereocenters. The van der Waals surface area contributed by atoms with Crippen LogP contribution in [0.4, 0.5) is 22.4 Å². The van der Waals surface area contributed by atoms with Gasteiger partial charge in [-0.3, -0.25) is 4.79 Å². The summed E-state index contributed by atoms with van der Waals surface area (Å²) in [5.74, 6) is -1.36. The number of piperazine rings is 1. The predicted molar refractivity (Wildman–Crippen MR) is 153 cm³/mol. The maximum absolute atomic E-state index is 13.9. The number of hydrogen-bond donors (Lipinski definition) is 2. The van der Waals surface area contributed by atoms with E-state index in [4.69, 9.17) is 14.9 Å². The van der Waals surface area contributed by atoms with Crippen LogP contribution in [0.15, 0.2) is 40.8 Å². The number of nitrogens with one attached hydrogen (secondary N) is 1. The molecule has 3 amide bonds. The lowest BCUT2D eigenvalue weighted by atomic mass is 10.2. The average molecular weight is 642 g/mol. The number of rotatable bonds is 10. The van der Waals surface area contributed by atoms with E-state index in [1.165, 1.54) is 34.1 Å². The van der Waals surface area contributed by atoms with Crippen LogP contribution in [-0.2, 0) is 6.54 Å². The molecule has 1 aliphatic carbocycles. The van der Waals surface area contributed by atoms with Gasteiger partial charge >= 0.3 is 12.6 Å². The highest BCUT2D eigenvalue weighted by Gasteiger charge is 2.31. The van der Waals surface area contributed by atoms with Gasteiger partial charge in [0, 0.05) is 49.9 Å². The molecule has 3 N–H and O–H groups in total. The average Bonchev–Trinajstić information content (AvgIpc) is 3.70. The monoisotopic (exact) mass is 641 g/mol. The van der Waals surface area contributed by atoms with E-state index in [-0.39, 0.29) is 79.5 Å². The largest absolute Gasteiger partial charge is 0.489 e. The van der Waals surface area contributed by atoms with Crippen molar-refractivity contribution >= 4 is 24.3 Å². The minimum atomic E-state index is -3.03. The zero-order valence-electron chi connectivity index (χ0n) is 23.7. The fourth-order valence-corrected chi connectivity index (χ4v) is 4.57. The van der Waals surface area contributed by atoms with Crippen LogP contribution in [0, 0.1) is 17.6 Å². The summed E-state index contributed by atoms with van der Waals surface area (Å²) in [6.45, 7) is -0.370. The summed E-state index contributed by atoms with van der Waals surface area (Å²) in [5.41, 5.74) is 6.62. The molecule has 0 unspecified atom stereocenters. The molecule has 3 aromatic rings. The first kappa shape index (κ1) is 32.9. The standard InChI is InChI=1S/C29H31F4N5O5.ClH/c1-16(34)25-24(36-26(43-25)18-5-7-22(42-28(32)33)23(12-18)41-15-17-2-3-17)27(39)37-8-10-38(11-9-37)29(40)35-14-19-4-6-20(30)13-21(19)31;/h4-7,12-13,16-17,28H,2-3,8-11,14-15,34H2,1H3,(H,35,40);1H/t16-;/m0./s1. The summed E-state index contributed by atoms with van der Waals surface area (Å²) < 4.78 is 69.1. The van der Waals surface area contributed by atoms with Crippen LogP contribution in [0.1, 0.15) is 47.6 Å². The number of oxazole rings is 1. The van der Waals surface area contributed by atoms with Gasteiger partial charge in [0.1, 0.15) is 11.6 Å². The van der Waals surface area contributed by atoms with Crippen molar-refractivity contribution in [2.75, 3.05) is 32.8 Å². The maximum atomic E-state index is 13.9. The molecule has 2 heterocycles. The molecule has 1 aromatic heterocycles. The molecule has 2 fully saturated rings. The van der Waals surface area contributed by atoms with Crippen molar-refractivity contribution in [2.24, 2.45) is 11.7 Å². The quantitative estimate of drug-likeness (QED) is 0.295. The van der Waals surface area contributed by atoms with E-state index in [1.807, 2.05) is 0 Å². The van der Waals surface area contributed by atoms with Gasteiger partial charge in [-0.05, 0) is 49.9 Å². The highest BCUT2D eigenvalue weighted by molar-refractivity contribution is 5.94. The number of nitrogens with zero attached hydrogens (tertiary/aromatic N) is 3. The van der Waals surface area contributed by atoms with E-state index in [1.54, 1.807) is 6.92 Å². The zero-order chi connectivity index (χ0) is 30.7. The van der Waals surface area contributed by atoms with Crippen LogP contribution < -0.4 is 20.5 Å². The summed E-state index contributed by atoms with van der Waals surface area (Å²) >= 11 is 0. The maximum Gasteiger partial charge on any atom is 0.387 e. The topological polar surface area (TPSA) is 123 Å². The van der Waals surface area contributed by atoms with E-state index in [9.17, 15) is 27.2 Å². The second kappa shape index (κ2) is 14.2. The van der Waals surface area contributed by atoms with Crippen molar-refractivity contribution in [1.29, 1.82) is 0 Å². The van der Waals surface area contributed by atoms with Crippen molar-refractivity contribution in [3.8, 4) is 23.0 Å². The fourth-order valence-electron chi connectivity index (χ4n) is 4.57. The van der Waals surface area contributed by atoms with Gasteiger partial charge in [-0.25, -0.2) is 18.6 Å². The first-order chi connectivity index (χ1) is 20.6. The number of hydrogen-bond acceptors (Lipinski definition) is 7. The Balaban J connectivity index is 0.00000442. The number of nitrogens with two attached hydrogens (primary N) is 1. The highest BCUT2D eigenvalue weighted by atomic mass is 35.5. The Morgan fingerprint density at radius 1 is 1.07 bits per heavy atom. The molecule has 10 nitrogen and oxygen atoms in total. The normalized spacial score (nSPS) is 15.5. The van der Waals surface area contributed by atoms with Crippen molar-refractivity contribution in [3.63, 3.8) is 0 Å². The Labute approximate surface area is 256 Å². The van der Waals surface area contributed by atoms with Gasteiger partial charge in [-0.2, -0.15) is 8.78 Å². The third-order valence-corrected chi connectivity index (χ3v) is 7.15. The minimum Gasteiger partial charge on any atom is -0.489 e. The zero-order valence-corrected chi connectivity index (χ0v) is 24.5.